The molecular formula is C31H34N4O2. The van der Waals surface area contributed by atoms with Crippen LogP contribution in [-0.2, 0) is 24.2 Å². The number of carbonyl (C=O) groups excluding carboxylic acids is 2. The SMILES string of the molecule is CCc1cccc(NC(=O)N(CC(=O)N(CCc2c[nH]c3ccccc23)Cc2ccccc2)C2CC2)c1. The van der Waals surface area contributed by atoms with E-state index in [4.69, 9.17) is 0 Å². The molecule has 0 spiro atoms. The Hall–Kier alpha value is -4.06. The van der Waals surface area contributed by atoms with E-state index >= 15 is 0 Å². The highest BCUT2D eigenvalue weighted by Crippen LogP contribution is 2.28. The fourth-order valence-electron chi connectivity index (χ4n) is 4.75. The Bertz CT molecular complexity index is 1360. The smallest absolute Gasteiger partial charge is 0.322 e. The molecule has 1 fully saturated rings. The molecule has 6 heteroatoms. The van der Waals surface area contributed by atoms with Gasteiger partial charge in [-0.3, -0.25) is 4.79 Å². The first kappa shape index (κ1) is 24.6. The van der Waals surface area contributed by atoms with Gasteiger partial charge in [-0.05, 0) is 60.6 Å². The summed E-state index contributed by atoms with van der Waals surface area (Å²) in [5, 5.41) is 4.20. The lowest BCUT2D eigenvalue weighted by atomic mass is 10.1. The van der Waals surface area contributed by atoms with Crippen molar-refractivity contribution in [1.82, 2.24) is 14.8 Å². The third-order valence-electron chi connectivity index (χ3n) is 7.04. The number of H-pyrrole nitrogens is 1. The predicted octanol–water partition coefficient (Wildman–Crippen LogP) is 6.00. The first-order valence-electron chi connectivity index (χ1n) is 13.1. The number of nitrogens with zero attached hydrogens (tertiary/aromatic N) is 2. The number of para-hydroxylation sites is 1. The van der Waals surface area contributed by atoms with Crippen molar-refractivity contribution in [2.24, 2.45) is 0 Å². The number of rotatable bonds is 10. The molecule has 2 N–H and O–H groups in total. The number of aromatic amines is 1. The van der Waals surface area contributed by atoms with Crippen molar-refractivity contribution in [1.29, 1.82) is 0 Å². The normalized spacial score (nSPS) is 12.9. The van der Waals surface area contributed by atoms with E-state index in [1.807, 2.05) is 77.8 Å². The van der Waals surface area contributed by atoms with Crippen LogP contribution in [0.4, 0.5) is 10.5 Å². The van der Waals surface area contributed by atoms with Crippen LogP contribution in [0.15, 0.2) is 85.1 Å². The van der Waals surface area contributed by atoms with Crippen LogP contribution >= 0.6 is 0 Å². The van der Waals surface area contributed by atoms with E-state index < -0.39 is 0 Å². The van der Waals surface area contributed by atoms with Crippen LogP contribution in [0.25, 0.3) is 10.9 Å². The van der Waals surface area contributed by atoms with E-state index in [0.717, 1.165) is 48.0 Å². The molecule has 0 unspecified atom stereocenters. The summed E-state index contributed by atoms with van der Waals surface area (Å²) in [5.41, 5.74) is 5.30. The van der Waals surface area contributed by atoms with E-state index in [-0.39, 0.29) is 24.5 Å². The number of amides is 3. The fourth-order valence-corrected chi connectivity index (χ4v) is 4.75. The van der Waals surface area contributed by atoms with Crippen molar-refractivity contribution in [3.8, 4) is 0 Å². The Labute approximate surface area is 218 Å². The molecule has 0 atom stereocenters. The van der Waals surface area contributed by atoms with Crippen LogP contribution in [0.5, 0.6) is 0 Å². The lowest BCUT2D eigenvalue weighted by Gasteiger charge is -2.28. The summed E-state index contributed by atoms with van der Waals surface area (Å²) < 4.78 is 0. The molecular weight excluding hydrogens is 460 g/mol. The summed E-state index contributed by atoms with van der Waals surface area (Å²) in [5.74, 6) is -0.0342. The zero-order valence-corrected chi connectivity index (χ0v) is 21.3. The predicted molar refractivity (Wildman–Crippen MR) is 148 cm³/mol. The molecule has 1 aliphatic carbocycles. The van der Waals surface area contributed by atoms with Gasteiger partial charge in [-0.25, -0.2) is 4.79 Å². The third kappa shape index (κ3) is 6.20. The maximum absolute atomic E-state index is 13.7. The van der Waals surface area contributed by atoms with Gasteiger partial charge >= 0.3 is 6.03 Å². The van der Waals surface area contributed by atoms with Crippen molar-refractivity contribution in [2.75, 3.05) is 18.4 Å². The topological polar surface area (TPSA) is 68.4 Å². The first-order chi connectivity index (χ1) is 18.1. The van der Waals surface area contributed by atoms with Crippen LogP contribution in [0.1, 0.15) is 36.5 Å². The number of hydrogen-bond acceptors (Lipinski definition) is 2. The van der Waals surface area contributed by atoms with Gasteiger partial charge < -0.3 is 20.1 Å². The lowest BCUT2D eigenvalue weighted by Crippen LogP contribution is -2.45. The molecule has 0 bridgehead atoms. The van der Waals surface area contributed by atoms with Gasteiger partial charge in [-0.1, -0.05) is 67.6 Å². The Kier molecular flexibility index (Phi) is 7.54. The van der Waals surface area contributed by atoms with E-state index in [1.165, 1.54) is 10.9 Å². The monoisotopic (exact) mass is 494 g/mol. The number of nitrogens with one attached hydrogen (secondary N) is 2. The van der Waals surface area contributed by atoms with Gasteiger partial charge in [-0.15, -0.1) is 0 Å². The number of aromatic nitrogens is 1. The summed E-state index contributed by atoms with van der Waals surface area (Å²) in [4.78, 5) is 33.8. The minimum absolute atomic E-state index is 0.0342. The van der Waals surface area contributed by atoms with Crippen molar-refractivity contribution in [3.63, 3.8) is 0 Å². The maximum Gasteiger partial charge on any atom is 0.322 e. The standard InChI is InChI=1S/C31H34N4O2/c1-2-23-11-8-12-26(19-23)33-31(37)35(27-15-16-27)22-30(36)34(21-24-9-4-3-5-10-24)18-17-25-20-32-29-14-7-6-13-28(25)29/h3-14,19-20,27,32H,2,15-18,21-22H2,1H3,(H,33,37). The van der Waals surface area contributed by atoms with E-state index in [9.17, 15) is 9.59 Å². The molecule has 4 aromatic rings. The molecule has 1 saturated carbocycles. The molecule has 0 radical (unpaired) electrons. The number of urea groups is 1. The first-order valence-corrected chi connectivity index (χ1v) is 13.1. The maximum atomic E-state index is 13.7. The molecule has 1 heterocycles. The summed E-state index contributed by atoms with van der Waals surface area (Å²) >= 11 is 0. The summed E-state index contributed by atoms with van der Waals surface area (Å²) in [6, 6.07) is 26.1. The summed E-state index contributed by atoms with van der Waals surface area (Å²) in [6.07, 6.45) is 5.54. The average Bonchev–Trinajstić information content (AvgIpc) is 3.69. The highest BCUT2D eigenvalue weighted by Gasteiger charge is 2.35. The van der Waals surface area contributed by atoms with Crippen molar-refractivity contribution >= 4 is 28.5 Å². The van der Waals surface area contributed by atoms with Crippen LogP contribution in [0.3, 0.4) is 0 Å². The number of carbonyl (C=O) groups is 2. The molecule has 0 saturated heterocycles. The number of hydrogen-bond donors (Lipinski definition) is 2. The minimum Gasteiger partial charge on any atom is -0.361 e. The van der Waals surface area contributed by atoms with Crippen LogP contribution in [0.2, 0.25) is 0 Å². The Morgan fingerprint density at radius 3 is 2.49 bits per heavy atom. The third-order valence-corrected chi connectivity index (χ3v) is 7.04. The number of anilines is 1. The van der Waals surface area contributed by atoms with Crippen LogP contribution in [0, 0.1) is 0 Å². The molecule has 6 nitrogen and oxygen atoms in total. The quantitative estimate of drug-likeness (QED) is 0.284. The Balaban J connectivity index is 1.30. The van der Waals surface area contributed by atoms with E-state index in [0.29, 0.717) is 13.1 Å². The second-order valence-electron chi connectivity index (χ2n) is 9.75. The Morgan fingerprint density at radius 1 is 0.946 bits per heavy atom. The van der Waals surface area contributed by atoms with Gasteiger partial charge in [0.15, 0.2) is 0 Å². The number of benzene rings is 3. The van der Waals surface area contributed by atoms with Gasteiger partial charge in [-0.2, -0.15) is 0 Å². The lowest BCUT2D eigenvalue weighted by molar-refractivity contribution is -0.132. The van der Waals surface area contributed by atoms with E-state index in [2.05, 4.69) is 29.4 Å². The second-order valence-corrected chi connectivity index (χ2v) is 9.75. The molecule has 3 aromatic carbocycles. The Morgan fingerprint density at radius 2 is 1.70 bits per heavy atom. The van der Waals surface area contributed by atoms with Crippen LogP contribution < -0.4 is 5.32 Å². The van der Waals surface area contributed by atoms with Gasteiger partial charge in [0.1, 0.15) is 6.54 Å². The molecule has 1 aromatic heterocycles. The largest absolute Gasteiger partial charge is 0.361 e. The average molecular weight is 495 g/mol. The van der Waals surface area contributed by atoms with E-state index in [1.54, 1.807) is 4.90 Å². The van der Waals surface area contributed by atoms with Gasteiger partial charge in [0.2, 0.25) is 5.91 Å². The van der Waals surface area contributed by atoms with Gasteiger partial charge in [0.25, 0.3) is 0 Å². The zero-order valence-electron chi connectivity index (χ0n) is 21.3. The zero-order chi connectivity index (χ0) is 25.6. The van der Waals surface area contributed by atoms with Crippen molar-refractivity contribution in [2.45, 2.75) is 45.2 Å². The molecule has 3 amide bonds. The van der Waals surface area contributed by atoms with Crippen molar-refractivity contribution < 1.29 is 9.59 Å². The molecule has 5 rings (SSSR count). The molecule has 1 aliphatic rings. The number of fused-ring (bicyclic) bond motifs is 1. The summed E-state index contributed by atoms with van der Waals surface area (Å²) in [7, 11) is 0. The molecule has 0 aliphatic heterocycles. The van der Waals surface area contributed by atoms with Gasteiger partial charge in [0, 0.05) is 41.9 Å². The van der Waals surface area contributed by atoms with Crippen LogP contribution in [-0.4, -0.2) is 45.9 Å². The summed E-state index contributed by atoms with van der Waals surface area (Å²) in [6.45, 7) is 3.26. The fraction of sp³-hybridized carbons (Fsp3) is 0.290. The van der Waals surface area contributed by atoms with Gasteiger partial charge in [0.05, 0.1) is 0 Å². The minimum atomic E-state index is -0.208. The highest BCUT2D eigenvalue weighted by atomic mass is 16.2. The second kappa shape index (κ2) is 11.3. The highest BCUT2D eigenvalue weighted by molar-refractivity contribution is 5.93. The number of aryl methyl sites for hydroxylation is 1. The van der Waals surface area contributed by atoms with Crippen molar-refractivity contribution in [3.05, 3.63) is 102 Å². The molecule has 190 valence electrons. The molecule has 37 heavy (non-hydrogen) atoms.